The normalized spacial score (nSPS) is 9.82. The molecule has 0 radical (unpaired) electrons. The Morgan fingerprint density at radius 1 is 1.45 bits per heavy atom. The molecule has 0 amide bonds. The van der Waals surface area contributed by atoms with Crippen molar-refractivity contribution in [3.8, 4) is 0 Å². The van der Waals surface area contributed by atoms with Crippen LogP contribution in [-0.4, -0.2) is 22.9 Å². The van der Waals surface area contributed by atoms with Gasteiger partial charge in [0.05, 0.1) is 13.7 Å². The van der Waals surface area contributed by atoms with Crippen LogP contribution in [0.3, 0.4) is 0 Å². The van der Waals surface area contributed by atoms with Crippen LogP contribution in [-0.2, 0) is 18.4 Å². The van der Waals surface area contributed by atoms with Gasteiger partial charge in [-0.2, -0.15) is 0 Å². The fraction of sp³-hybridized carbons (Fsp3) is 1.00. The van der Waals surface area contributed by atoms with Crippen molar-refractivity contribution < 1.29 is 18.4 Å². The zero-order valence-electron chi connectivity index (χ0n) is 7.12. The molecule has 0 rings (SSSR count). The fourth-order valence-electron chi connectivity index (χ4n) is 0.470. The summed E-state index contributed by atoms with van der Waals surface area (Å²) in [6.45, 7) is 4.59. The first-order chi connectivity index (χ1) is 5.16. The Labute approximate surface area is 68.3 Å². The van der Waals surface area contributed by atoms with Gasteiger partial charge in [0.15, 0.2) is 0 Å². The maximum Gasteiger partial charge on any atom is 0.801 e. The lowest BCUT2D eigenvalue weighted by Crippen LogP contribution is -2.13. The molecule has 0 unspecified atom stereocenters. The van der Waals surface area contributed by atoms with Crippen molar-refractivity contribution >= 4 is 9.17 Å². The van der Waals surface area contributed by atoms with Gasteiger partial charge < -0.3 is 9.00 Å². The SMILES string of the molecule is COO[Si](=O)OCCC(C)C. The van der Waals surface area contributed by atoms with Crippen LogP contribution in [0.2, 0.25) is 0 Å². The first-order valence-corrected chi connectivity index (χ1v) is 4.76. The molecule has 0 saturated heterocycles. The molecule has 0 aromatic carbocycles. The van der Waals surface area contributed by atoms with Gasteiger partial charge in [0.2, 0.25) is 0 Å². The first-order valence-electron chi connectivity index (χ1n) is 3.54. The van der Waals surface area contributed by atoms with Crippen LogP contribution in [0.15, 0.2) is 0 Å². The highest BCUT2D eigenvalue weighted by Gasteiger charge is 2.10. The second-order valence-electron chi connectivity index (χ2n) is 2.53. The van der Waals surface area contributed by atoms with Crippen LogP contribution in [0.5, 0.6) is 0 Å². The van der Waals surface area contributed by atoms with E-state index in [9.17, 15) is 4.46 Å². The molecule has 0 heterocycles. The summed E-state index contributed by atoms with van der Waals surface area (Å²) in [7, 11) is -1.11. The van der Waals surface area contributed by atoms with Gasteiger partial charge in [-0.1, -0.05) is 13.8 Å². The molecule has 0 saturated carbocycles. The number of hydrogen-bond donors (Lipinski definition) is 0. The molecular weight excluding hydrogens is 164 g/mol. The van der Waals surface area contributed by atoms with E-state index in [0.717, 1.165) is 6.42 Å². The Morgan fingerprint density at radius 2 is 2.09 bits per heavy atom. The minimum absolute atomic E-state index is 0.457. The third-order valence-corrected chi connectivity index (χ3v) is 1.81. The molecule has 0 aliphatic rings. The van der Waals surface area contributed by atoms with Crippen molar-refractivity contribution in [1.29, 1.82) is 0 Å². The lowest BCUT2D eigenvalue weighted by atomic mass is 10.2. The van der Waals surface area contributed by atoms with Gasteiger partial charge in [0.1, 0.15) is 0 Å². The van der Waals surface area contributed by atoms with Crippen LogP contribution in [0, 0.1) is 5.92 Å². The summed E-state index contributed by atoms with van der Waals surface area (Å²) in [5.74, 6) is 0.548. The average Bonchev–Trinajstić information content (AvgIpc) is 1.87. The molecule has 0 aromatic heterocycles. The Kier molecular flexibility index (Phi) is 6.06. The highest BCUT2D eigenvalue weighted by atomic mass is 28.3. The zero-order chi connectivity index (χ0) is 8.69. The summed E-state index contributed by atoms with van der Waals surface area (Å²) in [6, 6.07) is 0. The maximum atomic E-state index is 10.6. The van der Waals surface area contributed by atoms with E-state index < -0.39 is 9.17 Å². The quantitative estimate of drug-likeness (QED) is 0.346. The Bertz CT molecular complexity index is 115. The minimum Gasteiger partial charge on any atom is -0.495 e. The second-order valence-corrected chi connectivity index (χ2v) is 3.49. The molecule has 4 nitrogen and oxygen atoms in total. The van der Waals surface area contributed by atoms with Gasteiger partial charge in [0, 0.05) is 0 Å². The summed E-state index contributed by atoms with van der Waals surface area (Å²) < 4.78 is 19.7. The molecule has 0 aromatic rings. The standard InChI is InChI=1S/C6H14O4Si/c1-6(2)4-5-9-11(7)10-8-3/h6H,4-5H2,1-3H3. The molecule has 0 aliphatic heterocycles. The highest BCUT2D eigenvalue weighted by Crippen LogP contribution is 1.98. The fourth-order valence-corrected chi connectivity index (χ4v) is 0.939. The summed E-state index contributed by atoms with van der Waals surface area (Å²) in [6.07, 6.45) is 0.878. The molecule has 0 spiro atoms. The largest absolute Gasteiger partial charge is 0.801 e. The summed E-state index contributed by atoms with van der Waals surface area (Å²) in [5.41, 5.74) is 0. The molecule has 0 fully saturated rings. The van der Waals surface area contributed by atoms with E-state index in [0.29, 0.717) is 12.5 Å². The van der Waals surface area contributed by atoms with E-state index in [1.54, 1.807) is 0 Å². The van der Waals surface area contributed by atoms with Crippen LogP contribution in [0.25, 0.3) is 0 Å². The zero-order valence-corrected chi connectivity index (χ0v) is 8.12. The topological polar surface area (TPSA) is 44.8 Å². The van der Waals surface area contributed by atoms with Gasteiger partial charge in [0.25, 0.3) is 0 Å². The van der Waals surface area contributed by atoms with E-state index >= 15 is 0 Å². The Morgan fingerprint density at radius 3 is 2.55 bits per heavy atom. The molecule has 11 heavy (non-hydrogen) atoms. The van der Waals surface area contributed by atoms with Gasteiger partial charge in [-0.25, -0.2) is 4.89 Å². The van der Waals surface area contributed by atoms with Gasteiger partial charge in [-0.05, 0) is 12.3 Å². The predicted octanol–water partition coefficient (Wildman–Crippen LogP) is 1.04. The maximum absolute atomic E-state index is 10.6. The van der Waals surface area contributed by atoms with E-state index in [2.05, 4.69) is 23.3 Å². The summed E-state index contributed by atoms with van der Waals surface area (Å²) >= 11 is 0. The van der Waals surface area contributed by atoms with Crippen molar-refractivity contribution in [1.82, 2.24) is 0 Å². The number of rotatable bonds is 6. The summed E-state index contributed by atoms with van der Waals surface area (Å²) in [5, 5.41) is 0. The monoisotopic (exact) mass is 178 g/mol. The molecule has 0 aliphatic carbocycles. The van der Waals surface area contributed by atoms with Crippen LogP contribution >= 0.6 is 0 Å². The molecule has 5 heteroatoms. The molecule has 0 N–H and O–H groups in total. The molecular formula is C6H14O4Si. The number of hydrogen-bond acceptors (Lipinski definition) is 4. The van der Waals surface area contributed by atoms with E-state index in [-0.39, 0.29) is 0 Å². The van der Waals surface area contributed by atoms with Gasteiger partial charge in [-0.3, -0.25) is 4.46 Å². The van der Waals surface area contributed by atoms with E-state index in [4.69, 9.17) is 4.43 Å². The van der Waals surface area contributed by atoms with Crippen molar-refractivity contribution in [3.63, 3.8) is 0 Å². The van der Waals surface area contributed by atoms with Crippen LogP contribution in [0.4, 0.5) is 0 Å². The Hall–Kier alpha value is -0.423. The smallest absolute Gasteiger partial charge is 0.495 e. The third-order valence-electron chi connectivity index (χ3n) is 1.07. The van der Waals surface area contributed by atoms with Crippen molar-refractivity contribution in [2.75, 3.05) is 13.7 Å². The first kappa shape index (κ1) is 10.6. The minimum atomic E-state index is -2.41. The lowest BCUT2D eigenvalue weighted by molar-refractivity contribution is -0.202. The van der Waals surface area contributed by atoms with Crippen molar-refractivity contribution in [2.45, 2.75) is 20.3 Å². The predicted molar refractivity (Wildman–Crippen MR) is 39.9 cm³/mol. The van der Waals surface area contributed by atoms with Crippen LogP contribution < -0.4 is 0 Å². The third kappa shape index (κ3) is 7.47. The van der Waals surface area contributed by atoms with E-state index in [1.165, 1.54) is 7.11 Å². The van der Waals surface area contributed by atoms with Crippen LogP contribution in [0.1, 0.15) is 20.3 Å². The van der Waals surface area contributed by atoms with Crippen molar-refractivity contribution in [2.24, 2.45) is 5.92 Å². The van der Waals surface area contributed by atoms with Gasteiger partial charge >= 0.3 is 9.17 Å². The van der Waals surface area contributed by atoms with Crippen molar-refractivity contribution in [3.05, 3.63) is 0 Å². The highest BCUT2D eigenvalue weighted by molar-refractivity contribution is 6.25. The average molecular weight is 178 g/mol. The summed E-state index contributed by atoms with van der Waals surface area (Å²) in [4.78, 5) is 4.17. The molecule has 66 valence electrons. The Balaban J connectivity index is 3.17. The lowest BCUT2D eigenvalue weighted by Gasteiger charge is -2.04. The molecule has 0 bridgehead atoms. The molecule has 0 atom stereocenters. The van der Waals surface area contributed by atoms with Gasteiger partial charge in [-0.15, -0.1) is 0 Å². The second kappa shape index (κ2) is 6.30. The van der Waals surface area contributed by atoms with E-state index in [1.807, 2.05) is 0 Å².